The molecule has 138 valence electrons. The van der Waals surface area contributed by atoms with Crippen LogP contribution in [0.25, 0.3) is 11.3 Å². The molecule has 0 bridgehead atoms. The summed E-state index contributed by atoms with van der Waals surface area (Å²) in [7, 11) is 1.55. The van der Waals surface area contributed by atoms with Crippen LogP contribution in [0.1, 0.15) is 25.3 Å². The number of rotatable bonds is 5. The Kier molecular flexibility index (Phi) is 5.66. The third kappa shape index (κ3) is 4.82. The summed E-state index contributed by atoms with van der Waals surface area (Å²) < 4.78 is 5.01. The highest BCUT2D eigenvalue weighted by molar-refractivity contribution is 5.99. The predicted molar refractivity (Wildman–Crippen MR) is 107 cm³/mol. The number of carbonyl (C=O) groups is 1. The molecule has 1 heterocycles. The lowest BCUT2D eigenvalue weighted by atomic mass is 10.0. The lowest BCUT2D eigenvalue weighted by Crippen LogP contribution is -2.19. The Morgan fingerprint density at radius 3 is 1.93 bits per heavy atom. The fourth-order valence-corrected chi connectivity index (χ4v) is 2.55. The van der Waals surface area contributed by atoms with E-state index in [1.54, 1.807) is 13.2 Å². The summed E-state index contributed by atoms with van der Waals surface area (Å²) in [6.45, 7) is 4.27. The highest BCUT2D eigenvalue weighted by atomic mass is 16.5. The van der Waals surface area contributed by atoms with Gasteiger partial charge in [0.15, 0.2) is 0 Å². The zero-order valence-electron chi connectivity index (χ0n) is 15.6. The average Bonchev–Trinajstić information content (AvgIpc) is 2.69. The van der Waals surface area contributed by atoms with Crippen molar-refractivity contribution in [3.8, 4) is 17.1 Å². The van der Waals surface area contributed by atoms with Gasteiger partial charge in [-0.3, -0.25) is 0 Å². The average molecular weight is 362 g/mol. The van der Waals surface area contributed by atoms with Gasteiger partial charge in [0.1, 0.15) is 0 Å². The fourth-order valence-electron chi connectivity index (χ4n) is 2.55. The minimum Gasteiger partial charge on any atom is -0.480 e. The number of nitrogens with zero attached hydrogens (tertiary/aromatic N) is 2. The Morgan fingerprint density at radius 2 is 1.44 bits per heavy atom. The molecule has 6 nitrogen and oxygen atoms in total. The zero-order chi connectivity index (χ0) is 19.2. The van der Waals surface area contributed by atoms with Crippen molar-refractivity contribution in [3.63, 3.8) is 0 Å². The number of urea groups is 1. The van der Waals surface area contributed by atoms with E-state index in [2.05, 4.69) is 34.7 Å². The van der Waals surface area contributed by atoms with Crippen molar-refractivity contribution in [3.05, 3.63) is 66.2 Å². The maximum atomic E-state index is 12.2. The normalized spacial score (nSPS) is 10.5. The zero-order valence-corrected chi connectivity index (χ0v) is 15.6. The topological polar surface area (TPSA) is 76.1 Å². The van der Waals surface area contributed by atoms with Gasteiger partial charge in [0.2, 0.25) is 5.88 Å². The number of hydrogen-bond acceptors (Lipinski definition) is 4. The van der Waals surface area contributed by atoms with Crippen molar-refractivity contribution in [2.75, 3.05) is 17.7 Å². The lowest BCUT2D eigenvalue weighted by Gasteiger charge is -2.10. The molecule has 0 aliphatic carbocycles. The van der Waals surface area contributed by atoms with Gasteiger partial charge in [0.25, 0.3) is 0 Å². The molecule has 0 fully saturated rings. The summed E-state index contributed by atoms with van der Waals surface area (Å²) in [4.78, 5) is 12.2. The van der Waals surface area contributed by atoms with Crippen molar-refractivity contribution < 1.29 is 9.53 Å². The van der Waals surface area contributed by atoms with Gasteiger partial charge in [-0.2, -0.15) is 0 Å². The summed E-state index contributed by atoms with van der Waals surface area (Å²) >= 11 is 0. The van der Waals surface area contributed by atoms with Gasteiger partial charge >= 0.3 is 6.03 Å². The number of carbonyl (C=O) groups excluding carboxylic acids is 1. The van der Waals surface area contributed by atoms with Crippen molar-refractivity contribution >= 4 is 17.4 Å². The molecule has 0 spiro atoms. The van der Waals surface area contributed by atoms with Crippen molar-refractivity contribution in [2.45, 2.75) is 19.8 Å². The molecule has 0 saturated carbocycles. The van der Waals surface area contributed by atoms with Crippen molar-refractivity contribution in [1.82, 2.24) is 10.2 Å². The molecule has 3 rings (SSSR count). The standard InChI is InChI=1S/C21H22N4O2/c1-14(2)15-4-8-17(9-5-15)22-21(26)23-18-10-6-16(7-11-18)19-12-13-20(27-3)25-24-19/h4-14H,1-3H3,(H2,22,23,26). The second-order valence-electron chi connectivity index (χ2n) is 6.39. The van der Waals surface area contributed by atoms with Crippen molar-refractivity contribution in [1.29, 1.82) is 0 Å². The second kappa shape index (κ2) is 8.31. The SMILES string of the molecule is COc1ccc(-c2ccc(NC(=O)Nc3ccc(C(C)C)cc3)cc2)nn1. The molecule has 2 amide bonds. The minimum atomic E-state index is -0.288. The van der Waals surface area contributed by atoms with E-state index in [4.69, 9.17) is 4.74 Å². The third-order valence-corrected chi connectivity index (χ3v) is 4.12. The highest BCUT2D eigenvalue weighted by Crippen LogP contribution is 2.21. The van der Waals surface area contributed by atoms with E-state index in [9.17, 15) is 4.79 Å². The van der Waals surface area contributed by atoms with Crippen LogP contribution >= 0.6 is 0 Å². The largest absolute Gasteiger partial charge is 0.480 e. The van der Waals surface area contributed by atoms with Crippen LogP contribution in [0.15, 0.2) is 60.7 Å². The summed E-state index contributed by atoms with van der Waals surface area (Å²) in [5.74, 6) is 0.928. The molecule has 0 saturated heterocycles. The van der Waals surface area contributed by atoms with E-state index in [1.165, 1.54) is 5.56 Å². The first-order valence-corrected chi connectivity index (χ1v) is 8.71. The molecule has 1 aromatic heterocycles. The Balaban J connectivity index is 1.60. The number of amides is 2. The predicted octanol–water partition coefficient (Wildman–Crippen LogP) is 4.92. The molecule has 2 N–H and O–H groups in total. The fraction of sp³-hybridized carbons (Fsp3) is 0.190. The Bertz CT molecular complexity index is 889. The van der Waals surface area contributed by atoms with E-state index >= 15 is 0 Å². The molecular formula is C21H22N4O2. The molecule has 0 aliphatic rings. The molecule has 0 atom stereocenters. The highest BCUT2D eigenvalue weighted by Gasteiger charge is 2.06. The minimum absolute atomic E-state index is 0.288. The maximum Gasteiger partial charge on any atom is 0.323 e. The first kappa shape index (κ1) is 18.4. The number of aromatic nitrogens is 2. The van der Waals surface area contributed by atoms with Crippen LogP contribution in [-0.4, -0.2) is 23.3 Å². The third-order valence-electron chi connectivity index (χ3n) is 4.12. The first-order chi connectivity index (χ1) is 13.0. The van der Waals surface area contributed by atoms with Gasteiger partial charge in [-0.1, -0.05) is 38.1 Å². The Labute approximate surface area is 158 Å². The van der Waals surface area contributed by atoms with Crippen LogP contribution < -0.4 is 15.4 Å². The van der Waals surface area contributed by atoms with E-state index in [0.717, 1.165) is 16.9 Å². The monoisotopic (exact) mass is 362 g/mol. The van der Waals surface area contributed by atoms with E-state index < -0.39 is 0 Å². The number of methoxy groups -OCH3 is 1. The maximum absolute atomic E-state index is 12.2. The number of nitrogens with one attached hydrogen (secondary N) is 2. The molecule has 0 radical (unpaired) electrons. The molecule has 6 heteroatoms. The summed E-state index contributed by atoms with van der Waals surface area (Å²) in [5.41, 5.74) is 4.31. The van der Waals surface area contributed by atoms with Crippen LogP contribution in [0.2, 0.25) is 0 Å². The second-order valence-corrected chi connectivity index (χ2v) is 6.39. The van der Waals surface area contributed by atoms with Gasteiger partial charge in [0, 0.05) is 23.0 Å². The quantitative estimate of drug-likeness (QED) is 0.675. The molecule has 2 aromatic carbocycles. The van der Waals surface area contributed by atoms with Gasteiger partial charge in [-0.05, 0) is 41.8 Å². The van der Waals surface area contributed by atoms with Crippen LogP contribution in [-0.2, 0) is 0 Å². The van der Waals surface area contributed by atoms with Gasteiger partial charge < -0.3 is 15.4 Å². The molecule has 0 unspecified atom stereocenters. The number of hydrogen-bond donors (Lipinski definition) is 2. The summed E-state index contributed by atoms with van der Waals surface area (Å²) in [6.07, 6.45) is 0. The van der Waals surface area contributed by atoms with E-state index in [0.29, 0.717) is 17.5 Å². The smallest absolute Gasteiger partial charge is 0.323 e. The Hall–Kier alpha value is -3.41. The Morgan fingerprint density at radius 1 is 0.852 bits per heavy atom. The lowest BCUT2D eigenvalue weighted by molar-refractivity contribution is 0.262. The molecule has 3 aromatic rings. The van der Waals surface area contributed by atoms with Gasteiger partial charge in [-0.15, -0.1) is 10.2 Å². The summed E-state index contributed by atoms with van der Waals surface area (Å²) in [5, 5.41) is 13.7. The van der Waals surface area contributed by atoms with E-state index in [-0.39, 0.29) is 6.03 Å². The number of benzene rings is 2. The van der Waals surface area contributed by atoms with Crippen LogP contribution in [0.4, 0.5) is 16.2 Å². The van der Waals surface area contributed by atoms with Crippen LogP contribution in [0, 0.1) is 0 Å². The van der Waals surface area contributed by atoms with Crippen molar-refractivity contribution in [2.24, 2.45) is 0 Å². The molecule has 0 aliphatic heterocycles. The molecule has 27 heavy (non-hydrogen) atoms. The van der Waals surface area contributed by atoms with Crippen LogP contribution in [0.5, 0.6) is 5.88 Å². The molecular weight excluding hydrogens is 340 g/mol. The first-order valence-electron chi connectivity index (χ1n) is 8.71. The number of ether oxygens (including phenoxy) is 1. The van der Waals surface area contributed by atoms with Crippen LogP contribution in [0.3, 0.4) is 0 Å². The number of anilines is 2. The van der Waals surface area contributed by atoms with Gasteiger partial charge in [0.05, 0.1) is 12.8 Å². The van der Waals surface area contributed by atoms with E-state index in [1.807, 2.05) is 54.6 Å². The van der Waals surface area contributed by atoms with Gasteiger partial charge in [-0.25, -0.2) is 4.79 Å². The summed E-state index contributed by atoms with van der Waals surface area (Å²) in [6, 6.07) is 18.5.